The quantitative estimate of drug-likeness (QED) is 0.0375. The molecule has 5 nitrogen and oxygen atoms in total. The molecule has 434 valence electrons. The Morgan fingerprint density at radius 2 is 0.627 bits per heavy atom. The number of rotatable bonds is 57. The van der Waals surface area contributed by atoms with Crippen molar-refractivity contribution in [3.8, 4) is 17.2 Å². The molecule has 6 heteroatoms. The molecule has 0 fully saturated rings. The van der Waals surface area contributed by atoms with Crippen molar-refractivity contribution in [3.63, 3.8) is 0 Å². The number of ether oxygens (including phenoxy) is 4. The number of esters is 1. The Morgan fingerprint density at radius 3 is 0.907 bits per heavy atom. The van der Waals surface area contributed by atoms with Gasteiger partial charge in [-0.15, -0.1) is 0 Å². The van der Waals surface area contributed by atoms with Crippen LogP contribution in [0.2, 0.25) is 0 Å². The van der Waals surface area contributed by atoms with Crippen molar-refractivity contribution in [2.75, 3.05) is 19.8 Å². The molecule has 2 aromatic carbocycles. The van der Waals surface area contributed by atoms with Crippen LogP contribution in [0.1, 0.15) is 350 Å². The Labute approximate surface area is 479 Å². The average Bonchev–Trinajstić information content (AvgIpc) is 3.41. The van der Waals surface area contributed by atoms with Crippen LogP contribution < -0.4 is 14.2 Å². The van der Waals surface area contributed by atoms with Gasteiger partial charge in [-0.1, -0.05) is 310 Å². The van der Waals surface area contributed by atoms with Gasteiger partial charge in [0, 0.05) is 3.57 Å². The van der Waals surface area contributed by atoms with Crippen molar-refractivity contribution in [2.45, 2.75) is 343 Å². The highest BCUT2D eigenvalue weighted by Gasteiger charge is 2.18. The minimum Gasteiger partial charge on any atom is -0.490 e. The second-order valence-electron chi connectivity index (χ2n) is 22.9. The smallest absolute Gasteiger partial charge is 0.338 e. The molecule has 2 aromatic rings. The fourth-order valence-corrected chi connectivity index (χ4v) is 10.9. The first-order chi connectivity index (χ1) is 37.0. The lowest BCUT2D eigenvalue weighted by molar-refractivity contribution is 0.0471. The van der Waals surface area contributed by atoms with E-state index >= 15 is 0 Å². The van der Waals surface area contributed by atoms with Gasteiger partial charge in [-0.2, -0.15) is 0 Å². The highest BCUT2D eigenvalue weighted by molar-refractivity contribution is 14.1. The van der Waals surface area contributed by atoms with Crippen molar-refractivity contribution in [2.24, 2.45) is 0 Å². The summed E-state index contributed by atoms with van der Waals surface area (Å²) in [6.45, 7) is 11.0. The zero-order chi connectivity index (χ0) is 53.8. The van der Waals surface area contributed by atoms with Crippen LogP contribution in [0.25, 0.3) is 0 Å². The highest BCUT2D eigenvalue weighted by Crippen LogP contribution is 2.40. The van der Waals surface area contributed by atoms with Crippen LogP contribution in [-0.2, 0) is 11.3 Å². The molecule has 0 saturated carbocycles. The predicted octanol–water partition coefficient (Wildman–Crippen LogP) is 23.9. The van der Waals surface area contributed by atoms with E-state index in [0.29, 0.717) is 42.6 Å². The summed E-state index contributed by atoms with van der Waals surface area (Å²) in [6.07, 6.45) is 64.7. The number of halogens is 1. The predicted molar refractivity (Wildman–Crippen MR) is 335 cm³/mol. The third-order valence-electron chi connectivity index (χ3n) is 15.6. The summed E-state index contributed by atoms with van der Waals surface area (Å²) in [4.78, 5) is 13.3. The van der Waals surface area contributed by atoms with Gasteiger partial charge in [0.05, 0.1) is 25.4 Å². The lowest BCUT2D eigenvalue weighted by Gasteiger charge is -2.19. The van der Waals surface area contributed by atoms with E-state index < -0.39 is 0 Å². The zero-order valence-electron chi connectivity index (χ0n) is 50.1. The maximum Gasteiger partial charge on any atom is 0.338 e. The third kappa shape index (κ3) is 40.8. The molecule has 0 atom stereocenters. The van der Waals surface area contributed by atoms with Crippen LogP contribution >= 0.6 is 22.6 Å². The first-order valence-electron chi connectivity index (χ1n) is 33.0. The molecule has 0 aliphatic heterocycles. The molecule has 0 unspecified atom stereocenters. The van der Waals surface area contributed by atoms with Crippen LogP contribution in [0, 0.1) is 10.5 Å². The van der Waals surface area contributed by atoms with Crippen molar-refractivity contribution in [1.82, 2.24) is 0 Å². The van der Waals surface area contributed by atoms with Gasteiger partial charge in [-0.25, -0.2) is 4.79 Å². The normalized spacial score (nSPS) is 11.4. The minimum absolute atomic E-state index is 0.147. The molecule has 0 saturated heterocycles. The molecular formula is C69H121IO5. The van der Waals surface area contributed by atoms with E-state index in [2.05, 4.69) is 43.4 Å². The number of carbonyl (C=O) groups is 1. The van der Waals surface area contributed by atoms with Crippen molar-refractivity contribution < 1.29 is 23.7 Å². The van der Waals surface area contributed by atoms with Crippen LogP contribution in [0.5, 0.6) is 17.2 Å². The Morgan fingerprint density at radius 1 is 0.360 bits per heavy atom. The molecule has 0 spiro atoms. The average molecular weight is 1160 g/mol. The number of hydrogen-bond donors (Lipinski definition) is 0. The van der Waals surface area contributed by atoms with Gasteiger partial charge in [-0.05, 0) is 90.2 Å². The zero-order valence-corrected chi connectivity index (χ0v) is 52.2. The standard InChI is InChI=1S/C69H121IO5/c1-5-8-11-14-17-20-23-26-29-32-35-38-41-44-47-50-55-72-66-59-63(61-75-69(71)64-53-54-65(70)62(4)58-64)60-67(73-56-51-48-45-42-39-36-33-30-27-24-21-18-15-12-9-6-2)68(66)74-57-52-49-46-43-40-37-34-31-28-25-22-19-16-13-10-7-3/h53-54,58-60H,5-52,55-57,61H2,1-4H3. The fourth-order valence-electron chi connectivity index (χ4n) is 10.6. The summed E-state index contributed by atoms with van der Waals surface area (Å²) < 4.78 is 27.0. The molecule has 75 heavy (non-hydrogen) atoms. The van der Waals surface area contributed by atoms with Gasteiger partial charge in [-0.3, -0.25) is 0 Å². The van der Waals surface area contributed by atoms with Crippen molar-refractivity contribution in [1.29, 1.82) is 0 Å². The molecule has 0 N–H and O–H groups in total. The Hall–Kier alpha value is -1.96. The molecule has 2 rings (SSSR count). The van der Waals surface area contributed by atoms with E-state index in [1.54, 1.807) is 0 Å². The number of aryl methyl sites for hydroxylation is 1. The van der Waals surface area contributed by atoms with Gasteiger partial charge in [0.15, 0.2) is 11.5 Å². The molecule has 0 aromatic heterocycles. The fraction of sp³-hybridized carbons (Fsp3) is 0.812. The SMILES string of the molecule is CCCCCCCCCCCCCCCCCCOc1cc(COC(=O)c2ccc(I)c(C)c2)cc(OCCCCCCCCCCCCCCCCCC)c1OCCCCCCCCCCCCCCCCCC. The third-order valence-corrected chi connectivity index (χ3v) is 16.8. The first-order valence-corrected chi connectivity index (χ1v) is 34.1. The summed E-state index contributed by atoms with van der Waals surface area (Å²) in [7, 11) is 0. The maximum atomic E-state index is 13.3. The van der Waals surface area contributed by atoms with Gasteiger partial charge < -0.3 is 18.9 Å². The maximum absolute atomic E-state index is 13.3. The van der Waals surface area contributed by atoms with Crippen LogP contribution in [0.15, 0.2) is 30.3 Å². The first kappa shape index (κ1) is 69.1. The number of carbonyl (C=O) groups excluding carboxylic acids is 1. The lowest BCUT2D eigenvalue weighted by atomic mass is 10.0. The molecule has 0 heterocycles. The van der Waals surface area contributed by atoms with Crippen molar-refractivity contribution in [3.05, 3.63) is 50.6 Å². The van der Waals surface area contributed by atoms with Crippen molar-refractivity contribution >= 4 is 28.6 Å². The van der Waals surface area contributed by atoms with Crippen LogP contribution in [0.3, 0.4) is 0 Å². The summed E-state index contributed by atoms with van der Waals surface area (Å²) >= 11 is 2.31. The molecule has 0 amide bonds. The van der Waals surface area contributed by atoms with Gasteiger partial charge in [0.2, 0.25) is 5.75 Å². The van der Waals surface area contributed by atoms with E-state index in [-0.39, 0.29) is 12.6 Å². The number of hydrogen-bond acceptors (Lipinski definition) is 5. The Balaban J connectivity index is 1.93. The monoisotopic (exact) mass is 1160 g/mol. The molecule has 0 aliphatic rings. The van der Waals surface area contributed by atoms with E-state index in [1.165, 1.54) is 289 Å². The minimum atomic E-state index is -0.315. The van der Waals surface area contributed by atoms with E-state index in [0.717, 1.165) is 34.0 Å². The number of benzene rings is 2. The van der Waals surface area contributed by atoms with Gasteiger partial charge in [0.25, 0.3) is 0 Å². The molecule has 0 bridgehead atoms. The second kappa shape index (κ2) is 52.7. The van der Waals surface area contributed by atoms with E-state index in [4.69, 9.17) is 18.9 Å². The van der Waals surface area contributed by atoms with Crippen LogP contribution in [-0.4, -0.2) is 25.8 Å². The largest absolute Gasteiger partial charge is 0.490 e. The lowest BCUT2D eigenvalue weighted by Crippen LogP contribution is -2.09. The highest BCUT2D eigenvalue weighted by atomic mass is 127. The molecule has 0 radical (unpaired) electrons. The molecule has 0 aliphatic carbocycles. The Kier molecular flexibility index (Phi) is 48.6. The summed E-state index contributed by atoms with van der Waals surface area (Å²) in [5.41, 5.74) is 2.52. The van der Waals surface area contributed by atoms with E-state index in [9.17, 15) is 4.79 Å². The topological polar surface area (TPSA) is 54.0 Å². The summed E-state index contributed by atoms with van der Waals surface area (Å²) in [5.74, 6) is 1.83. The second-order valence-corrected chi connectivity index (χ2v) is 24.1. The van der Waals surface area contributed by atoms with Crippen LogP contribution in [0.4, 0.5) is 0 Å². The summed E-state index contributed by atoms with van der Waals surface area (Å²) in [6, 6.07) is 9.81. The summed E-state index contributed by atoms with van der Waals surface area (Å²) in [5, 5.41) is 0. The number of unbranched alkanes of at least 4 members (excludes halogenated alkanes) is 45. The Bertz CT molecular complexity index is 1500. The van der Waals surface area contributed by atoms with Gasteiger partial charge in [0.1, 0.15) is 6.61 Å². The molecular weight excluding hydrogens is 1040 g/mol. The van der Waals surface area contributed by atoms with Gasteiger partial charge >= 0.3 is 5.97 Å². The van der Waals surface area contributed by atoms with E-state index in [1.807, 2.05) is 37.3 Å².